The quantitative estimate of drug-likeness (QED) is 0.529. The molecule has 0 unspecified atom stereocenters. The number of hydrogen-bond donors (Lipinski definition) is 1. The highest BCUT2D eigenvalue weighted by molar-refractivity contribution is 5.89. The zero-order valence-electron chi connectivity index (χ0n) is 8.03. The van der Waals surface area contributed by atoms with Crippen LogP contribution in [0, 0.1) is 5.92 Å². The number of esters is 1. The fourth-order valence-electron chi connectivity index (χ4n) is 0.809. The van der Waals surface area contributed by atoms with E-state index in [1.165, 1.54) is 0 Å². The van der Waals surface area contributed by atoms with Crippen LogP contribution in [0.1, 0.15) is 20.8 Å². The van der Waals surface area contributed by atoms with E-state index in [-0.39, 0.29) is 5.92 Å². The summed E-state index contributed by atoms with van der Waals surface area (Å²) in [5, 5.41) is 8.23. The number of rotatable bonds is 4. The van der Waals surface area contributed by atoms with E-state index in [0.29, 0.717) is 5.57 Å². The first-order chi connectivity index (χ1) is 5.93. The highest BCUT2D eigenvalue weighted by Crippen LogP contribution is 2.03. The lowest BCUT2D eigenvalue weighted by Gasteiger charge is -2.02. The number of aliphatic carboxylic acids is 1. The van der Waals surface area contributed by atoms with E-state index in [1.54, 1.807) is 13.0 Å². The van der Waals surface area contributed by atoms with Crippen LogP contribution in [0.2, 0.25) is 0 Å². The predicted molar refractivity (Wildman–Crippen MR) is 47.2 cm³/mol. The lowest BCUT2D eigenvalue weighted by atomic mass is 10.1. The lowest BCUT2D eigenvalue weighted by molar-refractivity contribution is -0.152. The number of carbonyl (C=O) groups excluding carboxylic acids is 1. The van der Waals surface area contributed by atoms with E-state index < -0.39 is 18.5 Å². The van der Waals surface area contributed by atoms with Crippen molar-refractivity contribution in [3.63, 3.8) is 0 Å². The summed E-state index contributed by atoms with van der Waals surface area (Å²) >= 11 is 0. The van der Waals surface area contributed by atoms with Crippen LogP contribution in [0.5, 0.6) is 0 Å². The number of hydrogen-bond acceptors (Lipinski definition) is 3. The van der Waals surface area contributed by atoms with E-state index in [4.69, 9.17) is 5.11 Å². The van der Waals surface area contributed by atoms with E-state index in [2.05, 4.69) is 4.74 Å². The first-order valence-electron chi connectivity index (χ1n) is 4.00. The largest absolute Gasteiger partial charge is 0.479 e. The van der Waals surface area contributed by atoms with Crippen LogP contribution in [-0.2, 0) is 14.3 Å². The Balaban J connectivity index is 4.04. The van der Waals surface area contributed by atoms with Gasteiger partial charge in [0, 0.05) is 5.57 Å². The number of carboxylic acids is 1. The molecule has 0 bridgehead atoms. The van der Waals surface area contributed by atoms with Crippen LogP contribution >= 0.6 is 0 Å². The van der Waals surface area contributed by atoms with E-state index in [9.17, 15) is 9.59 Å². The van der Waals surface area contributed by atoms with Gasteiger partial charge in [-0.1, -0.05) is 19.9 Å². The summed E-state index contributed by atoms with van der Waals surface area (Å²) in [5.41, 5.74) is 0.441. The first kappa shape index (κ1) is 11.7. The molecule has 0 saturated heterocycles. The summed E-state index contributed by atoms with van der Waals surface area (Å²) < 4.78 is 4.46. The molecular weight excluding hydrogens is 172 g/mol. The monoisotopic (exact) mass is 186 g/mol. The Morgan fingerprint density at radius 2 is 2.00 bits per heavy atom. The maximum absolute atomic E-state index is 11.0. The van der Waals surface area contributed by atoms with Gasteiger partial charge in [-0.15, -0.1) is 0 Å². The second-order valence-corrected chi connectivity index (χ2v) is 3.06. The standard InChI is InChI=1S/C9H14O4/c1-6(2)4-7(3)9(12)13-5-8(10)11/h4,6H,5H2,1-3H3,(H,10,11). The zero-order valence-corrected chi connectivity index (χ0v) is 8.03. The summed E-state index contributed by atoms with van der Waals surface area (Å²) in [7, 11) is 0. The molecule has 0 saturated carbocycles. The summed E-state index contributed by atoms with van der Waals surface area (Å²) in [5.74, 6) is -1.47. The second kappa shape index (κ2) is 5.35. The summed E-state index contributed by atoms with van der Waals surface area (Å²) in [6, 6.07) is 0. The van der Waals surface area contributed by atoms with Gasteiger partial charge in [-0.25, -0.2) is 9.59 Å². The van der Waals surface area contributed by atoms with Crippen molar-refractivity contribution in [1.82, 2.24) is 0 Å². The average molecular weight is 186 g/mol. The van der Waals surface area contributed by atoms with Crippen molar-refractivity contribution >= 4 is 11.9 Å². The highest BCUT2D eigenvalue weighted by atomic mass is 16.5. The molecule has 0 aliphatic rings. The average Bonchev–Trinajstić information content (AvgIpc) is 1.98. The molecule has 74 valence electrons. The van der Waals surface area contributed by atoms with E-state index in [1.807, 2.05) is 13.8 Å². The molecule has 13 heavy (non-hydrogen) atoms. The number of allylic oxidation sites excluding steroid dienone is 1. The normalized spacial score (nSPS) is 11.5. The van der Waals surface area contributed by atoms with Crippen LogP contribution in [0.15, 0.2) is 11.6 Å². The summed E-state index contributed by atoms with van der Waals surface area (Å²) in [6.45, 7) is 4.87. The van der Waals surface area contributed by atoms with Gasteiger partial charge in [0.1, 0.15) is 0 Å². The molecule has 0 aliphatic carbocycles. The van der Waals surface area contributed by atoms with Crippen molar-refractivity contribution in [2.75, 3.05) is 6.61 Å². The topological polar surface area (TPSA) is 63.6 Å². The molecule has 0 amide bonds. The van der Waals surface area contributed by atoms with Gasteiger partial charge in [0.05, 0.1) is 0 Å². The van der Waals surface area contributed by atoms with Gasteiger partial charge in [-0.05, 0) is 12.8 Å². The predicted octanol–water partition coefficient (Wildman–Crippen LogP) is 1.22. The number of ether oxygens (including phenoxy) is 1. The minimum atomic E-state index is -1.15. The molecule has 0 aromatic carbocycles. The minimum absolute atomic E-state index is 0.248. The molecule has 1 N–H and O–H groups in total. The van der Waals surface area contributed by atoms with Gasteiger partial charge in [0.25, 0.3) is 0 Å². The van der Waals surface area contributed by atoms with Crippen molar-refractivity contribution in [3.05, 3.63) is 11.6 Å². The Kier molecular flexibility index (Phi) is 4.80. The smallest absolute Gasteiger partial charge is 0.341 e. The van der Waals surface area contributed by atoms with Crippen LogP contribution in [0.25, 0.3) is 0 Å². The number of carboxylic acid groups (broad SMARTS) is 1. The van der Waals surface area contributed by atoms with Crippen molar-refractivity contribution < 1.29 is 19.4 Å². The Labute approximate surface area is 77.2 Å². The third kappa shape index (κ3) is 5.90. The molecule has 4 heteroatoms. The molecule has 0 rings (SSSR count). The molecule has 0 atom stereocenters. The van der Waals surface area contributed by atoms with Gasteiger partial charge in [-0.2, -0.15) is 0 Å². The maximum atomic E-state index is 11.0. The van der Waals surface area contributed by atoms with Gasteiger partial charge >= 0.3 is 11.9 Å². The summed E-state index contributed by atoms with van der Waals surface area (Å²) in [6.07, 6.45) is 1.73. The molecule has 0 aromatic rings. The zero-order chi connectivity index (χ0) is 10.4. The molecule has 0 spiro atoms. The fraction of sp³-hybridized carbons (Fsp3) is 0.556. The molecule has 4 nitrogen and oxygen atoms in total. The second-order valence-electron chi connectivity index (χ2n) is 3.06. The molecule has 0 aromatic heterocycles. The van der Waals surface area contributed by atoms with E-state index in [0.717, 1.165) is 0 Å². The third-order valence-corrected chi connectivity index (χ3v) is 1.23. The lowest BCUT2D eigenvalue weighted by Crippen LogP contribution is -2.13. The molecular formula is C9H14O4. The minimum Gasteiger partial charge on any atom is -0.479 e. The van der Waals surface area contributed by atoms with Crippen molar-refractivity contribution in [2.45, 2.75) is 20.8 Å². The van der Waals surface area contributed by atoms with E-state index >= 15 is 0 Å². The SMILES string of the molecule is CC(=CC(C)C)C(=O)OCC(=O)O. The van der Waals surface area contributed by atoms with Crippen LogP contribution in [0.3, 0.4) is 0 Å². The Bertz CT molecular complexity index is 228. The van der Waals surface area contributed by atoms with Gasteiger partial charge < -0.3 is 9.84 Å². The van der Waals surface area contributed by atoms with Gasteiger partial charge in [0.2, 0.25) is 0 Å². The molecule has 0 heterocycles. The Hall–Kier alpha value is -1.32. The Morgan fingerprint density at radius 3 is 2.38 bits per heavy atom. The highest BCUT2D eigenvalue weighted by Gasteiger charge is 2.08. The van der Waals surface area contributed by atoms with Gasteiger partial charge in [-0.3, -0.25) is 0 Å². The maximum Gasteiger partial charge on any atom is 0.341 e. The molecule has 0 fully saturated rings. The molecule has 0 aliphatic heterocycles. The van der Waals surface area contributed by atoms with Crippen molar-refractivity contribution in [3.8, 4) is 0 Å². The van der Waals surface area contributed by atoms with Crippen LogP contribution < -0.4 is 0 Å². The fourth-order valence-corrected chi connectivity index (χ4v) is 0.809. The Morgan fingerprint density at radius 1 is 1.46 bits per heavy atom. The molecule has 0 radical (unpaired) electrons. The summed E-state index contributed by atoms with van der Waals surface area (Å²) in [4.78, 5) is 21.1. The van der Waals surface area contributed by atoms with Crippen LogP contribution in [0.4, 0.5) is 0 Å². The van der Waals surface area contributed by atoms with Crippen molar-refractivity contribution in [1.29, 1.82) is 0 Å². The first-order valence-corrected chi connectivity index (χ1v) is 4.00. The number of carbonyl (C=O) groups is 2. The van der Waals surface area contributed by atoms with Gasteiger partial charge in [0.15, 0.2) is 6.61 Å². The van der Waals surface area contributed by atoms with Crippen LogP contribution in [-0.4, -0.2) is 23.7 Å². The third-order valence-electron chi connectivity index (χ3n) is 1.23. The van der Waals surface area contributed by atoms with Crippen molar-refractivity contribution in [2.24, 2.45) is 5.92 Å².